The summed E-state index contributed by atoms with van der Waals surface area (Å²) in [5.41, 5.74) is 3.52. The van der Waals surface area contributed by atoms with Gasteiger partial charge in [-0.3, -0.25) is 9.78 Å². The molecule has 3 aromatic rings. The molecule has 41 heavy (non-hydrogen) atoms. The van der Waals surface area contributed by atoms with Crippen LogP contribution >= 0.6 is 11.8 Å². The molecule has 0 aliphatic carbocycles. The van der Waals surface area contributed by atoms with E-state index in [2.05, 4.69) is 10.3 Å². The minimum Gasteiger partial charge on any atom is -0.459 e. The summed E-state index contributed by atoms with van der Waals surface area (Å²) in [4.78, 5) is 37.5. The Balaban J connectivity index is 1.41. The van der Waals surface area contributed by atoms with Gasteiger partial charge in [0.15, 0.2) is 5.17 Å². The highest BCUT2D eigenvalue weighted by Gasteiger charge is 2.41. The first-order chi connectivity index (χ1) is 19.9. The van der Waals surface area contributed by atoms with E-state index in [0.29, 0.717) is 40.9 Å². The molecule has 1 atom stereocenters. The molecule has 0 fully saturated rings. The second kappa shape index (κ2) is 12.9. The summed E-state index contributed by atoms with van der Waals surface area (Å²) in [6, 6.07) is 22.4. The van der Waals surface area contributed by atoms with Gasteiger partial charge in [-0.2, -0.15) is 0 Å². The van der Waals surface area contributed by atoms with Crippen molar-refractivity contribution in [1.82, 2.24) is 15.2 Å². The number of thioether (sulfide) groups is 1. The summed E-state index contributed by atoms with van der Waals surface area (Å²) in [6.45, 7) is 5.94. The van der Waals surface area contributed by atoms with Crippen LogP contribution in [0.3, 0.4) is 0 Å². The second-order valence-corrected chi connectivity index (χ2v) is 10.8. The van der Waals surface area contributed by atoms with E-state index in [4.69, 9.17) is 14.5 Å². The van der Waals surface area contributed by atoms with E-state index in [9.17, 15) is 9.59 Å². The van der Waals surface area contributed by atoms with Crippen LogP contribution in [0.25, 0.3) is 0 Å². The molecule has 5 rings (SSSR count). The number of carbonyl (C=O) groups is 2. The zero-order chi connectivity index (χ0) is 28.8. The van der Waals surface area contributed by atoms with Crippen LogP contribution in [0.1, 0.15) is 44.5 Å². The normalized spacial score (nSPS) is 16.2. The van der Waals surface area contributed by atoms with Crippen LogP contribution in [-0.4, -0.2) is 39.6 Å². The third-order valence-corrected chi connectivity index (χ3v) is 7.38. The van der Waals surface area contributed by atoms with Gasteiger partial charge in [0.1, 0.15) is 11.5 Å². The highest BCUT2D eigenvalue weighted by Crippen LogP contribution is 2.45. The number of aromatic nitrogens is 1. The zero-order valence-electron chi connectivity index (χ0n) is 23.2. The molecule has 9 heteroatoms. The van der Waals surface area contributed by atoms with Gasteiger partial charge in [0.05, 0.1) is 29.8 Å². The minimum atomic E-state index is -0.546. The number of carbonyl (C=O) groups excluding carboxylic acids is 2. The molecule has 0 saturated carbocycles. The average molecular weight is 569 g/mol. The Morgan fingerprint density at radius 1 is 1.02 bits per heavy atom. The van der Waals surface area contributed by atoms with Crippen molar-refractivity contribution >= 4 is 28.8 Å². The lowest BCUT2D eigenvalue weighted by Gasteiger charge is -2.36. The molecule has 0 unspecified atom stereocenters. The second-order valence-electron chi connectivity index (χ2n) is 9.93. The predicted octanol–water partition coefficient (Wildman–Crippen LogP) is 6.15. The number of ether oxygens (including phenoxy) is 2. The molecule has 8 nitrogen and oxygen atoms in total. The number of para-hydroxylation sites is 1. The van der Waals surface area contributed by atoms with Gasteiger partial charge in [-0.15, -0.1) is 0 Å². The summed E-state index contributed by atoms with van der Waals surface area (Å²) in [6.07, 6.45) is 2.22. The fraction of sp³-hybridized carbons (Fsp3) is 0.250. The van der Waals surface area contributed by atoms with E-state index in [-0.39, 0.29) is 18.4 Å². The van der Waals surface area contributed by atoms with Gasteiger partial charge in [0.25, 0.3) is 0 Å². The lowest BCUT2D eigenvalue weighted by Crippen LogP contribution is -2.38. The van der Waals surface area contributed by atoms with Crippen molar-refractivity contribution in [3.8, 4) is 11.5 Å². The van der Waals surface area contributed by atoms with Crippen LogP contribution in [0.5, 0.6) is 11.5 Å². The Bertz CT molecular complexity index is 1500. The van der Waals surface area contributed by atoms with E-state index in [0.717, 1.165) is 17.0 Å². The van der Waals surface area contributed by atoms with Crippen molar-refractivity contribution in [3.05, 3.63) is 113 Å². The van der Waals surface area contributed by atoms with Crippen molar-refractivity contribution in [2.24, 2.45) is 4.99 Å². The molecule has 1 aromatic heterocycles. The molecule has 0 spiro atoms. The van der Waals surface area contributed by atoms with E-state index >= 15 is 0 Å². The van der Waals surface area contributed by atoms with Crippen molar-refractivity contribution in [1.29, 1.82) is 0 Å². The van der Waals surface area contributed by atoms with Crippen LogP contribution in [0.15, 0.2) is 106 Å². The Hall–Kier alpha value is -4.37. The van der Waals surface area contributed by atoms with E-state index < -0.39 is 12.0 Å². The number of nitrogens with zero attached hydrogens (tertiary/aromatic N) is 3. The first kappa shape index (κ1) is 28.2. The van der Waals surface area contributed by atoms with Gasteiger partial charge in [0.2, 0.25) is 5.91 Å². The maximum atomic E-state index is 13.5. The summed E-state index contributed by atoms with van der Waals surface area (Å²) in [7, 11) is 0. The molecule has 2 aliphatic heterocycles. The summed E-state index contributed by atoms with van der Waals surface area (Å²) < 4.78 is 11.8. The lowest BCUT2D eigenvalue weighted by molar-refractivity contribution is -0.143. The minimum absolute atomic E-state index is 0.119. The number of benzene rings is 2. The molecule has 0 bridgehead atoms. The molecular weight excluding hydrogens is 536 g/mol. The highest BCUT2D eigenvalue weighted by atomic mass is 32.2. The Morgan fingerprint density at radius 3 is 2.56 bits per heavy atom. The first-order valence-corrected chi connectivity index (χ1v) is 14.4. The number of fused-ring (bicyclic) bond motifs is 1. The number of rotatable bonds is 10. The molecule has 210 valence electrons. The van der Waals surface area contributed by atoms with Gasteiger partial charge >= 0.3 is 5.97 Å². The summed E-state index contributed by atoms with van der Waals surface area (Å²) in [5.74, 6) is 0.792. The van der Waals surface area contributed by atoms with Crippen molar-refractivity contribution in [3.63, 3.8) is 0 Å². The van der Waals surface area contributed by atoms with Crippen LogP contribution in [0, 0.1) is 0 Å². The average Bonchev–Trinajstić information content (AvgIpc) is 3.34. The standard InChI is InChI=1S/C32H32N4O4S/c1-21(2)39-31(38)29-22(3)35-32-36(25(20-41-32)19-28(37)34-17-15-24-11-7-8-16-33-24)30(29)23-10-9-14-27(18-23)40-26-12-5-4-6-13-26/h4-14,16,18,20-21,30H,15,17,19H2,1-3H3,(H,34,37)/t30-/m1/s1. The third kappa shape index (κ3) is 6.86. The van der Waals surface area contributed by atoms with Gasteiger partial charge in [-0.1, -0.05) is 48.2 Å². The van der Waals surface area contributed by atoms with Gasteiger partial charge in [-0.25, -0.2) is 9.79 Å². The maximum absolute atomic E-state index is 13.5. The quantitative estimate of drug-likeness (QED) is 0.293. The molecular formula is C32H32N4O4S. The zero-order valence-corrected chi connectivity index (χ0v) is 24.1. The molecule has 1 N–H and O–H groups in total. The number of amides is 1. The maximum Gasteiger partial charge on any atom is 0.338 e. The summed E-state index contributed by atoms with van der Waals surface area (Å²) >= 11 is 1.44. The third-order valence-electron chi connectivity index (χ3n) is 6.49. The number of amidine groups is 1. The Kier molecular flexibility index (Phi) is 8.84. The summed E-state index contributed by atoms with van der Waals surface area (Å²) in [5, 5.41) is 5.63. The predicted molar refractivity (Wildman–Crippen MR) is 160 cm³/mol. The highest BCUT2D eigenvalue weighted by molar-refractivity contribution is 8.16. The molecule has 1 amide bonds. The van der Waals surface area contributed by atoms with Crippen molar-refractivity contribution in [2.75, 3.05) is 6.54 Å². The molecule has 3 heterocycles. The topological polar surface area (TPSA) is 93.1 Å². The SMILES string of the molecule is CC1=C(C(=O)OC(C)C)[C@@H](c2cccc(Oc3ccccc3)c2)N2C(CC(=O)NCCc3ccccn3)=CSC2=N1. The van der Waals surface area contributed by atoms with Gasteiger partial charge < -0.3 is 19.7 Å². The molecule has 2 aliphatic rings. The number of hydrogen-bond acceptors (Lipinski definition) is 8. The number of pyridine rings is 1. The number of nitrogens with one attached hydrogen (secondary N) is 1. The number of allylic oxidation sites excluding steroid dienone is 1. The van der Waals surface area contributed by atoms with E-state index in [1.165, 1.54) is 11.8 Å². The lowest BCUT2D eigenvalue weighted by atomic mass is 9.93. The Labute approximate surface area is 244 Å². The van der Waals surface area contributed by atoms with Gasteiger partial charge in [0, 0.05) is 30.6 Å². The number of hydrogen-bond donors (Lipinski definition) is 1. The van der Waals surface area contributed by atoms with Gasteiger partial charge in [-0.05, 0) is 68.1 Å². The Morgan fingerprint density at radius 2 is 1.80 bits per heavy atom. The van der Waals surface area contributed by atoms with Crippen LogP contribution < -0.4 is 10.1 Å². The van der Waals surface area contributed by atoms with Crippen LogP contribution in [0.4, 0.5) is 0 Å². The monoisotopic (exact) mass is 568 g/mol. The molecule has 0 saturated heterocycles. The fourth-order valence-corrected chi connectivity index (χ4v) is 5.66. The first-order valence-electron chi connectivity index (χ1n) is 13.5. The van der Waals surface area contributed by atoms with Crippen LogP contribution in [-0.2, 0) is 20.7 Å². The van der Waals surface area contributed by atoms with Crippen molar-refractivity contribution < 1.29 is 19.1 Å². The van der Waals surface area contributed by atoms with Crippen LogP contribution in [0.2, 0.25) is 0 Å². The van der Waals surface area contributed by atoms with E-state index in [1.807, 2.05) is 104 Å². The largest absolute Gasteiger partial charge is 0.459 e. The van der Waals surface area contributed by atoms with E-state index in [1.54, 1.807) is 6.20 Å². The number of esters is 1. The fourth-order valence-electron chi connectivity index (χ4n) is 4.70. The number of aliphatic imine (C=N–C) groups is 1. The smallest absolute Gasteiger partial charge is 0.338 e. The molecule has 0 radical (unpaired) electrons. The van der Waals surface area contributed by atoms with Crippen molar-refractivity contribution in [2.45, 2.75) is 45.8 Å². The molecule has 2 aromatic carbocycles.